The van der Waals surface area contributed by atoms with Gasteiger partial charge in [-0.25, -0.2) is 4.68 Å². The van der Waals surface area contributed by atoms with Crippen LogP contribution in [0.1, 0.15) is 16.1 Å². The topological polar surface area (TPSA) is 74.6 Å². The Morgan fingerprint density at radius 3 is 2.00 bits per heavy atom. The number of hydrogen-bond acceptors (Lipinski definition) is 5. The number of alkyl halides is 3. The standard InChI is InChI=1S/C26H22F3N3O4/c1-34-21-13-17(14-22(35-2)24(21)36-3)25(33)30-18-11-9-16(10-12-18)20-15-23(26(27,28)29)31-32(20)19-7-5-4-6-8-19/h4-15H,1-3H3,(H,30,33). The van der Waals surface area contributed by atoms with E-state index in [0.717, 1.165) is 6.07 Å². The molecule has 4 aromatic rings. The molecule has 0 aliphatic rings. The molecule has 0 unspecified atom stereocenters. The Labute approximate surface area is 205 Å². The molecule has 0 bridgehead atoms. The Kier molecular flexibility index (Phi) is 6.86. The molecular weight excluding hydrogens is 475 g/mol. The van der Waals surface area contributed by atoms with E-state index in [0.29, 0.717) is 34.2 Å². The third-order valence-electron chi connectivity index (χ3n) is 5.37. The largest absolute Gasteiger partial charge is 0.493 e. The van der Waals surface area contributed by atoms with Gasteiger partial charge in [0.1, 0.15) is 0 Å². The summed E-state index contributed by atoms with van der Waals surface area (Å²) in [5.74, 6) is 0.573. The summed E-state index contributed by atoms with van der Waals surface area (Å²) < 4.78 is 57.2. The minimum Gasteiger partial charge on any atom is -0.493 e. The minimum absolute atomic E-state index is 0.260. The molecule has 4 rings (SSSR count). The number of halogens is 3. The average Bonchev–Trinajstić information content (AvgIpc) is 3.35. The Morgan fingerprint density at radius 1 is 0.861 bits per heavy atom. The molecule has 0 spiro atoms. The molecule has 0 atom stereocenters. The highest BCUT2D eigenvalue weighted by atomic mass is 19.4. The maximum absolute atomic E-state index is 13.4. The number of hydrogen-bond donors (Lipinski definition) is 1. The molecule has 0 aliphatic heterocycles. The van der Waals surface area contributed by atoms with E-state index in [1.807, 2.05) is 0 Å². The summed E-state index contributed by atoms with van der Waals surface area (Å²) in [4.78, 5) is 12.9. The van der Waals surface area contributed by atoms with Crippen LogP contribution in [0.4, 0.5) is 18.9 Å². The van der Waals surface area contributed by atoms with Crippen molar-refractivity contribution in [1.29, 1.82) is 0 Å². The number of nitrogens with one attached hydrogen (secondary N) is 1. The Hall–Kier alpha value is -4.47. The van der Waals surface area contributed by atoms with Gasteiger partial charge >= 0.3 is 6.18 Å². The number of benzene rings is 3. The van der Waals surface area contributed by atoms with Crippen LogP contribution < -0.4 is 19.5 Å². The van der Waals surface area contributed by atoms with Crippen molar-refractivity contribution in [3.05, 3.63) is 84.1 Å². The van der Waals surface area contributed by atoms with Crippen LogP contribution in [0, 0.1) is 0 Å². The second-order valence-electron chi connectivity index (χ2n) is 7.61. The van der Waals surface area contributed by atoms with Gasteiger partial charge in [0.05, 0.1) is 32.7 Å². The van der Waals surface area contributed by atoms with Crippen LogP contribution in [0.2, 0.25) is 0 Å². The van der Waals surface area contributed by atoms with E-state index in [4.69, 9.17) is 14.2 Å². The van der Waals surface area contributed by atoms with Gasteiger partial charge in [0, 0.05) is 16.8 Å². The molecule has 0 fully saturated rings. The first-order chi connectivity index (χ1) is 17.2. The van der Waals surface area contributed by atoms with E-state index >= 15 is 0 Å². The van der Waals surface area contributed by atoms with E-state index in [9.17, 15) is 18.0 Å². The van der Waals surface area contributed by atoms with Gasteiger partial charge in [-0.1, -0.05) is 30.3 Å². The fraction of sp³-hybridized carbons (Fsp3) is 0.154. The van der Waals surface area contributed by atoms with Crippen molar-refractivity contribution in [1.82, 2.24) is 9.78 Å². The summed E-state index contributed by atoms with van der Waals surface area (Å²) in [5, 5.41) is 6.53. The van der Waals surface area contributed by atoms with Crippen molar-refractivity contribution in [2.24, 2.45) is 0 Å². The molecule has 10 heteroatoms. The molecule has 36 heavy (non-hydrogen) atoms. The molecule has 0 saturated heterocycles. The highest BCUT2D eigenvalue weighted by Crippen LogP contribution is 2.38. The fourth-order valence-corrected chi connectivity index (χ4v) is 3.63. The molecule has 1 heterocycles. The first kappa shape index (κ1) is 24.6. The third-order valence-corrected chi connectivity index (χ3v) is 5.37. The van der Waals surface area contributed by atoms with Crippen LogP contribution in [-0.4, -0.2) is 37.0 Å². The van der Waals surface area contributed by atoms with Crippen molar-refractivity contribution in [2.75, 3.05) is 26.6 Å². The van der Waals surface area contributed by atoms with Gasteiger partial charge in [0.15, 0.2) is 17.2 Å². The van der Waals surface area contributed by atoms with Gasteiger partial charge in [-0.3, -0.25) is 4.79 Å². The van der Waals surface area contributed by atoms with E-state index in [1.54, 1.807) is 54.6 Å². The predicted octanol–water partition coefficient (Wildman–Crippen LogP) is 5.84. The Bertz CT molecular complexity index is 1340. The molecule has 3 aromatic carbocycles. The van der Waals surface area contributed by atoms with Crippen LogP contribution in [-0.2, 0) is 6.18 Å². The number of rotatable bonds is 7. The van der Waals surface area contributed by atoms with Crippen LogP contribution in [0.3, 0.4) is 0 Å². The minimum atomic E-state index is -4.59. The number of carbonyl (C=O) groups is 1. The second kappa shape index (κ2) is 10.0. The van der Waals surface area contributed by atoms with Crippen LogP contribution in [0.25, 0.3) is 16.9 Å². The van der Waals surface area contributed by atoms with E-state index in [1.165, 1.54) is 38.1 Å². The number of aromatic nitrogens is 2. The van der Waals surface area contributed by atoms with Crippen LogP contribution in [0.15, 0.2) is 72.8 Å². The van der Waals surface area contributed by atoms with Crippen molar-refractivity contribution >= 4 is 11.6 Å². The fourth-order valence-electron chi connectivity index (χ4n) is 3.63. The smallest absolute Gasteiger partial charge is 0.435 e. The van der Waals surface area contributed by atoms with Crippen LogP contribution in [0.5, 0.6) is 17.2 Å². The van der Waals surface area contributed by atoms with E-state index in [2.05, 4.69) is 10.4 Å². The zero-order valence-electron chi connectivity index (χ0n) is 19.6. The predicted molar refractivity (Wildman–Crippen MR) is 128 cm³/mol. The van der Waals surface area contributed by atoms with E-state index < -0.39 is 17.8 Å². The van der Waals surface area contributed by atoms with Gasteiger partial charge in [-0.15, -0.1) is 0 Å². The summed E-state index contributed by atoms with van der Waals surface area (Å²) in [7, 11) is 4.35. The normalized spacial score (nSPS) is 11.2. The maximum Gasteiger partial charge on any atom is 0.435 e. The zero-order chi connectivity index (χ0) is 25.9. The highest BCUT2D eigenvalue weighted by Gasteiger charge is 2.35. The number of nitrogens with zero attached hydrogens (tertiary/aromatic N) is 2. The SMILES string of the molecule is COc1cc(C(=O)Nc2ccc(-c3cc(C(F)(F)F)nn3-c3ccccc3)cc2)cc(OC)c1OC. The Morgan fingerprint density at radius 2 is 1.47 bits per heavy atom. The lowest BCUT2D eigenvalue weighted by Crippen LogP contribution is -2.12. The third kappa shape index (κ3) is 4.97. The van der Waals surface area contributed by atoms with Crippen molar-refractivity contribution in [3.8, 4) is 34.2 Å². The molecule has 1 aromatic heterocycles. The van der Waals surface area contributed by atoms with Crippen molar-refractivity contribution in [2.45, 2.75) is 6.18 Å². The molecule has 7 nitrogen and oxygen atoms in total. The quantitative estimate of drug-likeness (QED) is 0.348. The number of ether oxygens (including phenoxy) is 3. The summed E-state index contributed by atoms with van der Waals surface area (Å²) >= 11 is 0. The number of anilines is 1. The lowest BCUT2D eigenvalue weighted by atomic mass is 10.1. The lowest BCUT2D eigenvalue weighted by molar-refractivity contribution is -0.141. The van der Waals surface area contributed by atoms with Crippen molar-refractivity contribution in [3.63, 3.8) is 0 Å². The van der Waals surface area contributed by atoms with Gasteiger partial charge in [0.2, 0.25) is 5.75 Å². The molecule has 186 valence electrons. The Balaban J connectivity index is 1.63. The maximum atomic E-state index is 13.4. The van der Waals surface area contributed by atoms with Crippen LogP contribution >= 0.6 is 0 Å². The van der Waals surface area contributed by atoms with Gasteiger partial charge in [0.25, 0.3) is 5.91 Å². The molecule has 1 N–H and O–H groups in total. The molecule has 0 saturated carbocycles. The molecular formula is C26H22F3N3O4. The molecule has 0 aliphatic carbocycles. The monoisotopic (exact) mass is 497 g/mol. The van der Waals surface area contributed by atoms with Gasteiger partial charge < -0.3 is 19.5 Å². The summed E-state index contributed by atoms with van der Waals surface area (Å²) in [6.07, 6.45) is -4.59. The van der Waals surface area contributed by atoms with Gasteiger partial charge in [-0.2, -0.15) is 18.3 Å². The molecule has 0 radical (unpaired) electrons. The summed E-state index contributed by atoms with van der Waals surface area (Å²) in [6, 6.07) is 19.0. The molecule has 1 amide bonds. The number of methoxy groups -OCH3 is 3. The van der Waals surface area contributed by atoms with Gasteiger partial charge in [-0.05, 0) is 42.5 Å². The van der Waals surface area contributed by atoms with E-state index in [-0.39, 0.29) is 11.3 Å². The number of carbonyl (C=O) groups excluding carboxylic acids is 1. The van der Waals surface area contributed by atoms with Crippen molar-refractivity contribution < 1.29 is 32.2 Å². The zero-order valence-corrected chi connectivity index (χ0v) is 19.6. The first-order valence-corrected chi connectivity index (χ1v) is 10.7. The highest BCUT2D eigenvalue weighted by molar-refractivity contribution is 6.05. The number of amides is 1. The lowest BCUT2D eigenvalue weighted by Gasteiger charge is -2.14. The number of para-hydroxylation sites is 1. The summed E-state index contributed by atoms with van der Waals surface area (Å²) in [6.45, 7) is 0. The average molecular weight is 497 g/mol. The second-order valence-corrected chi connectivity index (χ2v) is 7.61. The first-order valence-electron chi connectivity index (χ1n) is 10.7. The summed E-state index contributed by atoms with van der Waals surface area (Å²) in [5.41, 5.74) is 0.956.